The zero-order chi connectivity index (χ0) is 15.0. The van der Waals surface area contributed by atoms with E-state index in [0.717, 1.165) is 11.4 Å². The molecule has 1 heterocycles. The number of aromatic nitrogens is 2. The van der Waals surface area contributed by atoms with Gasteiger partial charge in [0.05, 0.1) is 5.52 Å². The molecule has 2 N–H and O–H groups in total. The van der Waals surface area contributed by atoms with Crippen LogP contribution in [0.1, 0.15) is 46.1 Å². The number of halogens is 1. The van der Waals surface area contributed by atoms with Gasteiger partial charge in [-0.3, -0.25) is 0 Å². The summed E-state index contributed by atoms with van der Waals surface area (Å²) in [5, 5.41) is 0. The molecule has 1 aromatic carbocycles. The van der Waals surface area contributed by atoms with Crippen molar-refractivity contribution in [2.24, 2.45) is 16.7 Å². The number of fused-ring (bicyclic) bond motifs is 3. The van der Waals surface area contributed by atoms with Crippen LogP contribution in [0, 0.1) is 22.6 Å². The van der Waals surface area contributed by atoms with Gasteiger partial charge in [-0.2, -0.15) is 0 Å². The van der Waals surface area contributed by atoms with Crippen molar-refractivity contribution in [2.75, 3.05) is 5.73 Å². The van der Waals surface area contributed by atoms with Gasteiger partial charge < -0.3 is 10.3 Å². The number of rotatable bonds is 1. The summed E-state index contributed by atoms with van der Waals surface area (Å²) in [6, 6.07) is 5.42. The van der Waals surface area contributed by atoms with E-state index in [2.05, 4.69) is 30.3 Å². The lowest BCUT2D eigenvalue weighted by atomic mass is 9.68. The Kier molecular flexibility index (Phi) is 2.36. The second kappa shape index (κ2) is 3.79. The van der Waals surface area contributed by atoms with Crippen LogP contribution in [-0.2, 0) is 0 Å². The molecule has 2 fully saturated rings. The molecule has 3 atom stereocenters. The third-order valence-electron chi connectivity index (χ3n) is 6.15. The lowest BCUT2D eigenvalue weighted by Gasteiger charge is -2.44. The van der Waals surface area contributed by atoms with Gasteiger partial charge in [0, 0.05) is 6.04 Å². The summed E-state index contributed by atoms with van der Waals surface area (Å²) in [7, 11) is 0. The quantitative estimate of drug-likeness (QED) is 0.856. The topological polar surface area (TPSA) is 43.8 Å². The van der Waals surface area contributed by atoms with E-state index in [4.69, 9.17) is 5.73 Å². The summed E-state index contributed by atoms with van der Waals surface area (Å²) in [4.78, 5) is 4.30. The average molecular weight is 287 g/mol. The summed E-state index contributed by atoms with van der Waals surface area (Å²) >= 11 is 0. The fraction of sp³-hybridized carbons (Fsp3) is 0.588. The van der Waals surface area contributed by atoms with Crippen LogP contribution in [0.4, 0.5) is 10.3 Å². The lowest BCUT2D eigenvalue weighted by molar-refractivity contribution is 0.0882. The standard InChI is InChI=1S/C17H22FN3/c1-16(2)10-7-8-17(3,9-10)14(16)21-12-6-4-5-11(18)13(12)20-15(21)19/h4-6,10,14H,7-9H2,1-3H3,(H2,19,20). The van der Waals surface area contributed by atoms with Crippen molar-refractivity contribution in [2.45, 2.75) is 46.1 Å². The molecule has 3 unspecified atom stereocenters. The fourth-order valence-corrected chi connectivity index (χ4v) is 5.29. The summed E-state index contributed by atoms with van der Waals surface area (Å²) in [5.41, 5.74) is 7.84. The molecule has 4 rings (SSSR count). The molecule has 0 aliphatic heterocycles. The second-order valence-corrected chi connectivity index (χ2v) is 7.77. The number of hydrogen-bond acceptors (Lipinski definition) is 2. The smallest absolute Gasteiger partial charge is 0.201 e. The van der Waals surface area contributed by atoms with Crippen LogP contribution < -0.4 is 5.73 Å². The first-order chi connectivity index (χ1) is 9.84. The summed E-state index contributed by atoms with van der Waals surface area (Å²) < 4.78 is 16.1. The molecule has 112 valence electrons. The minimum Gasteiger partial charge on any atom is -0.369 e. The summed E-state index contributed by atoms with van der Waals surface area (Å²) in [6.07, 6.45) is 3.75. The largest absolute Gasteiger partial charge is 0.369 e. The molecular weight excluding hydrogens is 265 g/mol. The van der Waals surface area contributed by atoms with E-state index in [0.29, 0.717) is 11.5 Å². The highest BCUT2D eigenvalue weighted by Gasteiger charge is 2.60. The highest BCUT2D eigenvalue weighted by atomic mass is 19.1. The van der Waals surface area contributed by atoms with Gasteiger partial charge in [-0.25, -0.2) is 9.37 Å². The van der Waals surface area contributed by atoms with Gasteiger partial charge in [0.25, 0.3) is 0 Å². The number of hydrogen-bond donors (Lipinski definition) is 1. The minimum absolute atomic E-state index is 0.168. The summed E-state index contributed by atoms with van der Waals surface area (Å²) in [6.45, 7) is 7.02. The third-order valence-corrected chi connectivity index (χ3v) is 6.15. The molecule has 2 aromatic rings. The molecule has 0 amide bonds. The first kappa shape index (κ1) is 13.1. The van der Waals surface area contributed by atoms with E-state index in [-0.39, 0.29) is 22.7 Å². The monoisotopic (exact) mass is 287 g/mol. The van der Waals surface area contributed by atoms with Gasteiger partial charge in [0.2, 0.25) is 5.95 Å². The van der Waals surface area contributed by atoms with Crippen molar-refractivity contribution in [3.8, 4) is 0 Å². The van der Waals surface area contributed by atoms with E-state index < -0.39 is 0 Å². The van der Waals surface area contributed by atoms with Crippen molar-refractivity contribution in [1.82, 2.24) is 9.55 Å². The van der Waals surface area contributed by atoms with Gasteiger partial charge in [0.15, 0.2) is 5.82 Å². The Hall–Kier alpha value is -1.58. The number of nitrogens with zero attached hydrogens (tertiary/aromatic N) is 2. The Balaban J connectivity index is 1.99. The number of para-hydroxylation sites is 1. The minimum atomic E-state index is -0.288. The molecule has 0 radical (unpaired) electrons. The molecule has 2 bridgehead atoms. The zero-order valence-corrected chi connectivity index (χ0v) is 12.9. The van der Waals surface area contributed by atoms with Crippen LogP contribution in [0.25, 0.3) is 11.0 Å². The Morgan fingerprint density at radius 2 is 2.10 bits per heavy atom. The van der Waals surface area contributed by atoms with E-state index >= 15 is 0 Å². The molecule has 21 heavy (non-hydrogen) atoms. The highest BCUT2D eigenvalue weighted by Crippen LogP contribution is 2.68. The van der Waals surface area contributed by atoms with E-state index in [1.807, 2.05) is 6.07 Å². The van der Waals surface area contributed by atoms with Crippen molar-refractivity contribution in [3.63, 3.8) is 0 Å². The van der Waals surface area contributed by atoms with Gasteiger partial charge in [0.1, 0.15) is 5.52 Å². The molecule has 0 spiro atoms. The lowest BCUT2D eigenvalue weighted by Crippen LogP contribution is -2.37. The van der Waals surface area contributed by atoms with Crippen molar-refractivity contribution >= 4 is 17.0 Å². The van der Waals surface area contributed by atoms with Gasteiger partial charge in [-0.15, -0.1) is 0 Å². The van der Waals surface area contributed by atoms with Crippen LogP contribution in [0.3, 0.4) is 0 Å². The predicted molar refractivity (Wildman–Crippen MR) is 82.4 cm³/mol. The molecular formula is C17H22FN3. The number of benzene rings is 1. The molecule has 3 nitrogen and oxygen atoms in total. The maximum Gasteiger partial charge on any atom is 0.201 e. The van der Waals surface area contributed by atoms with Crippen molar-refractivity contribution < 1.29 is 4.39 Å². The summed E-state index contributed by atoms with van der Waals surface area (Å²) in [5.74, 6) is 0.879. The number of imidazole rings is 1. The molecule has 4 heteroatoms. The first-order valence-electron chi connectivity index (χ1n) is 7.76. The molecule has 2 saturated carbocycles. The van der Waals surface area contributed by atoms with Crippen molar-refractivity contribution in [3.05, 3.63) is 24.0 Å². The molecule has 2 aliphatic carbocycles. The Morgan fingerprint density at radius 1 is 1.33 bits per heavy atom. The van der Waals surface area contributed by atoms with Crippen LogP contribution in [0.2, 0.25) is 0 Å². The van der Waals surface area contributed by atoms with E-state index in [1.54, 1.807) is 6.07 Å². The zero-order valence-electron chi connectivity index (χ0n) is 12.9. The van der Waals surface area contributed by atoms with Crippen LogP contribution in [0.15, 0.2) is 18.2 Å². The van der Waals surface area contributed by atoms with E-state index in [9.17, 15) is 4.39 Å². The highest BCUT2D eigenvalue weighted by molar-refractivity contribution is 5.79. The van der Waals surface area contributed by atoms with E-state index in [1.165, 1.54) is 25.3 Å². The molecule has 2 aliphatic rings. The van der Waals surface area contributed by atoms with Gasteiger partial charge >= 0.3 is 0 Å². The average Bonchev–Trinajstić information content (AvgIpc) is 2.99. The van der Waals surface area contributed by atoms with Crippen LogP contribution in [-0.4, -0.2) is 9.55 Å². The number of nitrogen functional groups attached to an aromatic ring is 1. The normalized spacial score (nSPS) is 33.9. The van der Waals surface area contributed by atoms with Gasteiger partial charge in [-0.05, 0) is 48.1 Å². The third kappa shape index (κ3) is 1.51. The first-order valence-corrected chi connectivity index (χ1v) is 7.76. The van der Waals surface area contributed by atoms with Crippen LogP contribution >= 0.6 is 0 Å². The predicted octanol–water partition coefficient (Wildman–Crippen LogP) is 4.14. The maximum absolute atomic E-state index is 14.0. The molecule has 1 aromatic heterocycles. The SMILES string of the molecule is CC12CCC(C1)C(C)(C)C2n1c(N)nc2c(F)cccc21. The number of anilines is 1. The van der Waals surface area contributed by atoms with Crippen molar-refractivity contribution in [1.29, 1.82) is 0 Å². The second-order valence-electron chi connectivity index (χ2n) is 7.77. The number of nitrogens with two attached hydrogens (primary N) is 1. The Morgan fingerprint density at radius 3 is 2.76 bits per heavy atom. The van der Waals surface area contributed by atoms with Crippen LogP contribution in [0.5, 0.6) is 0 Å². The Bertz CT molecular complexity index is 728. The molecule has 0 saturated heterocycles. The Labute approximate surface area is 124 Å². The van der Waals surface area contributed by atoms with Gasteiger partial charge in [-0.1, -0.05) is 26.8 Å². The maximum atomic E-state index is 14.0. The fourth-order valence-electron chi connectivity index (χ4n) is 5.29.